The summed E-state index contributed by atoms with van der Waals surface area (Å²) < 4.78 is 36.5. The Kier molecular flexibility index (Phi) is 6.00. The third-order valence-corrected chi connectivity index (χ3v) is 6.66. The maximum atomic E-state index is 12.8. The van der Waals surface area contributed by atoms with Crippen LogP contribution in [-0.2, 0) is 10.0 Å². The van der Waals surface area contributed by atoms with Crippen LogP contribution in [0.3, 0.4) is 0 Å². The van der Waals surface area contributed by atoms with Crippen LogP contribution < -0.4 is 19.1 Å². The molecule has 1 amide bonds. The second-order valence-corrected chi connectivity index (χ2v) is 8.70. The third-order valence-electron chi connectivity index (χ3n) is 4.48. The number of carbonyl (C=O) groups is 1. The summed E-state index contributed by atoms with van der Waals surface area (Å²) in [5.41, 5.74) is 1.03. The molecule has 3 rings (SSSR count). The van der Waals surface area contributed by atoms with Gasteiger partial charge in [-0.1, -0.05) is 11.6 Å². The maximum Gasteiger partial charge on any atom is 0.255 e. The molecule has 1 aliphatic rings. The highest BCUT2D eigenvalue weighted by Crippen LogP contribution is 2.33. The van der Waals surface area contributed by atoms with Gasteiger partial charge in [-0.3, -0.25) is 9.10 Å². The van der Waals surface area contributed by atoms with E-state index in [1.165, 1.54) is 30.7 Å². The zero-order valence-corrected chi connectivity index (χ0v) is 17.1. The number of carbonyl (C=O) groups excluding carboxylic acids is 1. The zero-order valence-electron chi connectivity index (χ0n) is 15.6. The monoisotopic (exact) mass is 424 g/mol. The quantitative estimate of drug-likeness (QED) is 0.793. The van der Waals surface area contributed by atoms with Gasteiger partial charge in [0.25, 0.3) is 5.91 Å². The smallest absolute Gasteiger partial charge is 0.255 e. The lowest BCUT2D eigenvalue weighted by Crippen LogP contribution is -2.38. The Morgan fingerprint density at radius 3 is 2.57 bits per heavy atom. The summed E-state index contributed by atoms with van der Waals surface area (Å²) in [6.07, 6.45) is 1.36. The molecule has 1 saturated heterocycles. The van der Waals surface area contributed by atoms with Crippen molar-refractivity contribution in [1.29, 1.82) is 0 Å². The predicted molar refractivity (Wildman–Crippen MR) is 109 cm³/mol. The van der Waals surface area contributed by atoms with Gasteiger partial charge in [-0.15, -0.1) is 0 Å². The molecule has 1 heterocycles. The molecular formula is C19H21ClN2O5S. The summed E-state index contributed by atoms with van der Waals surface area (Å²) in [5, 5.41) is 3.05. The molecule has 0 aliphatic carbocycles. The Bertz CT molecular complexity index is 994. The van der Waals surface area contributed by atoms with Gasteiger partial charge >= 0.3 is 0 Å². The van der Waals surface area contributed by atoms with E-state index in [1.807, 2.05) is 0 Å². The fraction of sp³-hybridized carbons (Fsp3) is 0.316. The molecule has 0 saturated carbocycles. The molecular weight excluding hydrogens is 404 g/mol. The van der Waals surface area contributed by atoms with Crippen LogP contribution in [0.4, 0.5) is 11.4 Å². The van der Waals surface area contributed by atoms with E-state index in [4.69, 9.17) is 21.1 Å². The lowest BCUT2D eigenvalue weighted by atomic mass is 10.1. The van der Waals surface area contributed by atoms with E-state index in [2.05, 4.69) is 5.32 Å². The van der Waals surface area contributed by atoms with Crippen LogP contribution in [0.2, 0.25) is 5.02 Å². The Labute approximate surface area is 169 Å². The molecule has 28 heavy (non-hydrogen) atoms. The number of sulfonamides is 1. The normalized spacial score (nSPS) is 15.8. The van der Waals surface area contributed by atoms with E-state index >= 15 is 0 Å². The van der Waals surface area contributed by atoms with Crippen molar-refractivity contribution < 1.29 is 22.7 Å². The van der Waals surface area contributed by atoms with Crippen LogP contribution >= 0.6 is 11.6 Å². The molecule has 1 aliphatic heterocycles. The van der Waals surface area contributed by atoms with E-state index in [0.717, 1.165) is 6.42 Å². The van der Waals surface area contributed by atoms with Crippen molar-refractivity contribution >= 4 is 38.9 Å². The first-order valence-electron chi connectivity index (χ1n) is 8.69. The number of hydrogen-bond donors (Lipinski definition) is 1. The van der Waals surface area contributed by atoms with E-state index in [-0.39, 0.29) is 16.3 Å². The molecule has 9 heteroatoms. The summed E-state index contributed by atoms with van der Waals surface area (Å²) in [5.74, 6) is 0.689. The van der Waals surface area contributed by atoms with Crippen LogP contribution in [0.5, 0.6) is 11.5 Å². The van der Waals surface area contributed by atoms with Crippen LogP contribution in [0.25, 0.3) is 0 Å². The van der Waals surface area contributed by atoms with Crippen LogP contribution in [0.1, 0.15) is 23.2 Å². The van der Waals surface area contributed by atoms with Gasteiger partial charge in [0.2, 0.25) is 10.0 Å². The van der Waals surface area contributed by atoms with Gasteiger partial charge < -0.3 is 14.8 Å². The molecule has 0 spiro atoms. The number of benzene rings is 2. The molecule has 0 aromatic heterocycles. The SMILES string of the molecule is COc1ccc(OC)c(NC(=O)c2ccc(Cl)c(N3CCCCS3(=O)=O)c2)c1. The maximum absolute atomic E-state index is 12.8. The molecule has 2 aromatic rings. The Hall–Kier alpha value is -2.45. The second kappa shape index (κ2) is 8.28. The highest BCUT2D eigenvalue weighted by molar-refractivity contribution is 7.92. The van der Waals surface area contributed by atoms with E-state index in [1.54, 1.807) is 24.3 Å². The summed E-state index contributed by atoms with van der Waals surface area (Å²) >= 11 is 6.23. The lowest BCUT2D eigenvalue weighted by Gasteiger charge is -2.29. The van der Waals surface area contributed by atoms with Gasteiger partial charge in [0.05, 0.1) is 36.4 Å². The van der Waals surface area contributed by atoms with E-state index < -0.39 is 15.9 Å². The van der Waals surface area contributed by atoms with Crippen LogP contribution in [-0.4, -0.2) is 40.8 Å². The van der Waals surface area contributed by atoms with Crippen LogP contribution in [0, 0.1) is 0 Å². The average molecular weight is 425 g/mol. The molecule has 0 bridgehead atoms. The van der Waals surface area contributed by atoms with Crippen molar-refractivity contribution in [1.82, 2.24) is 0 Å². The van der Waals surface area contributed by atoms with Gasteiger partial charge in [-0.05, 0) is 43.2 Å². The summed E-state index contributed by atoms with van der Waals surface area (Å²) in [6, 6.07) is 9.61. The molecule has 2 aromatic carbocycles. The highest BCUT2D eigenvalue weighted by atomic mass is 35.5. The van der Waals surface area contributed by atoms with Gasteiger partial charge in [0.15, 0.2) is 0 Å². The van der Waals surface area contributed by atoms with Gasteiger partial charge in [0, 0.05) is 18.2 Å². The minimum atomic E-state index is -3.44. The van der Waals surface area contributed by atoms with Crippen LogP contribution in [0.15, 0.2) is 36.4 Å². The molecule has 150 valence electrons. The number of methoxy groups -OCH3 is 2. The fourth-order valence-corrected chi connectivity index (χ4v) is 4.93. The van der Waals surface area contributed by atoms with Gasteiger partial charge in [-0.2, -0.15) is 0 Å². The van der Waals surface area contributed by atoms with Crippen molar-refractivity contribution in [2.75, 3.05) is 36.1 Å². The Balaban J connectivity index is 1.92. The Morgan fingerprint density at radius 1 is 1.11 bits per heavy atom. The number of hydrogen-bond acceptors (Lipinski definition) is 5. The highest BCUT2D eigenvalue weighted by Gasteiger charge is 2.28. The summed E-state index contributed by atoms with van der Waals surface area (Å²) in [7, 11) is -0.415. The molecule has 1 fully saturated rings. The van der Waals surface area contributed by atoms with Crippen molar-refractivity contribution in [3.63, 3.8) is 0 Å². The fourth-order valence-electron chi connectivity index (χ4n) is 3.01. The number of amides is 1. The molecule has 7 nitrogen and oxygen atoms in total. The number of halogens is 1. The molecule has 0 atom stereocenters. The lowest BCUT2D eigenvalue weighted by molar-refractivity contribution is 0.102. The minimum Gasteiger partial charge on any atom is -0.497 e. The number of rotatable bonds is 5. The first kappa shape index (κ1) is 20.3. The number of anilines is 2. The number of ether oxygens (including phenoxy) is 2. The second-order valence-electron chi connectivity index (χ2n) is 6.28. The summed E-state index contributed by atoms with van der Waals surface area (Å²) in [6.45, 7) is 0.344. The average Bonchev–Trinajstić information content (AvgIpc) is 2.68. The minimum absolute atomic E-state index is 0.0702. The number of nitrogens with one attached hydrogen (secondary N) is 1. The largest absolute Gasteiger partial charge is 0.497 e. The molecule has 0 unspecified atom stereocenters. The van der Waals surface area contributed by atoms with Gasteiger partial charge in [-0.25, -0.2) is 8.42 Å². The first-order valence-corrected chi connectivity index (χ1v) is 10.7. The predicted octanol–water partition coefficient (Wildman–Crippen LogP) is 3.54. The molecule has 1 N–H and O–H groups in total. The summed E-state index contributed by atoms with van der Waals surface area (Å²) in [4.78, 5) is 12.8. The first-order chi connectivity index (χ1) is 13.4. The van der Waals surface area contributed by atoms with Crippen molar-refractivity contribution in [2.24, 2.45) is 0 Å². The topological polar surface area (TPSA) is 84.9 Å². The third kappa shape index (κ3) is 4.18. The van der Waals surface area contributed by atoms with Crippen molar-refractivity contribution in [3.05, 3.63) is 47.0 Å². The van der Waals surface area contributed by atoms with Crippen molar-refractivity contribution in [3.8, 4) is 11.5 Å². The standard InChI is InChI=1S/C19H21ClN2O5S/c1-26-14-6-8-18(27-2)16(12-14)21-19(23)13-5-7-15(20)17(11-13)22-9-3-4-10-28(22,24)25/h5-8,11-12H,3-4,9-10H2,1-2H3,(H,21,23). The van der Waals surface area contributed by atoms with E-state index in [9.17, 15) is 13.2 Å². The van der Waals surface area contributed by atoms with Gasteiger partial charge in [0.1, 0.15) is 11.5 Å². The Morgan fingerprint density at radius 2 is 1.89 bits per heavy atom. The zero-order chi connectivity index (χ0) is 20.3. The van der Waals surface area contributed by atoms with Crippen molar-refractivity contribution in [2.45, 2.75) is 12.8 Å². The molecule has 0 radical (unpaired) electrons. The number of nitrogens with zero attached hydrogens (tertiary/aromatic N) is 1. The van der Waals surface area contributed by atoms with E-state index in [0.29, 0.717) is 35.8 Å².